The fraction of sp³-hybridized carbons (Fsp3) is 0.182. The fourth-order valence-electron chi connectivity index (χ4n) is 3.23. The SMILES string of the molecule is Cc1nc2nc(SCC(=O)Nc3cccc(Cl)c3)nn2c(C)c1Cc1ccccc1Cl. The van der Waals surface area contributed by atoms with Crippen molar-refractivity contribution in [3.8, 4) is 0 Å². The second-order valence-electron chi connectivity index (χ2n) is 6.98. The predicted octanol–water partition coefficient (Wildman–Crippen LogP) is 5.37. The topological polar surface area (TPSA) is 72.2 Å². The van der Waals surface area contributed by atoms with Crippen LogP contribution in [0.25, 0.3) is 5.78 Å². The maximum Gasteiger partial charge on any atom is 0.253 e. The summed E-state index contributed by atoms with van der Waals surface area (Å²) in [7, 11) is 0. The largest absolute Gasteiger partial charge is 0.325 e. The molecule has 2 aromatic carbocycles. The molecule has 4 aromatic rings. The van der Waals surface area contributed by atoms with Crippen LogP contribution in [0.5, 0.6) is 0 Å². The van der Waals surface area contributed by atoms with E-state index in [1.165, 1.54) is 11.8 Å². The molecule has 0 aliphatic heterocycles. The Labute approximate surface area is 194 Å². The van der Waals surface area contributed by atoms with Crippen molar-refractivity contribution in [2.45, 2.75) is 25.4 Å². The summed E-state index contributed by atoms with van der Waals surface area (Å²) < 4.78 is 1.72. The van der Waals surface area contributed by atoms with E-state index in [0.29, 0.717) is 28.1 Å². The summed E-state index contributed by atoms with van der Waals surface area (Å²) in [5, 5.41) is 9.14. The number of carbonyl (C=O) groups excluding carboxylic acids is 1. The van der Waals surface area contributed by atoms with Crippen molar-refractivity contribution in [2.24, 2.45) is 0 Å². The minimum atomic E-state index is -0.161. The van der Waals surface area contributed by atoms with Gasteiger partial charge in [-0.25, -0.2) is 9.50 Å². The number of fused-ring (bicyclic) bond motifs is 1. The smallest absolute Gasteiger partial charge is 0.253 e. The van der Waals surface area contributed by atoms with Crippen LogP contribution in [0.3, 0.4) is 0 Å². The summed E-state index contributed by atoms with van der Waals surface area (Å²) in [5.74, 6) is 0.524. The highest BCUT2D eigenvalue weighted by Gasteiger charge is 2.16. The number of rotatable bonds is 6. The van der Waals surface area contributed by atoms with Crippen LogP contribution in [-0.2, 0) is 11.2 Å². The normalized spacial score (nSPS) is 11.1. The number of hydrogen-bond acceptors (Lipinski definition) is 5. The van der Waals surface area contributed by atoms with Crippen LogP contribution in [0.1, 0.15) is 22.5 Å². The molecule has 1 amide bonds. The predicted molar refractivity (Wildman–Crippen MR) is 125 cm³/mol. The molecule has 0 saturated carbocycles. The van der Waals surface area contributed by atoms with Crippen LogP contribution in [0, 0.1) is 13.8 Å². The van der Waals surface area contributed by atoms with Gasteiger partial charge >= 0.3 is 0 Å². The fourth-order valence-corrected chi connectivity index (χ4v) is 4.24. The third-order valence-corrected chi connectivity index (χ3v) is 6.24. The molecule has 0 aliphatic carbocycles. The number of anilines is 1. The molecule has 0 bridgehead atoms. The number of aromatic nitrogens is 4. The van der Waals surface area contributed by atoms with E-state index >= 15 is 0 Å². The summed E-state index contributed by atoms with van der Waals surface area (Å²) in [6.45, 7) is 3.95. The number of amides is 1. The van der Waals surface area contributed by atoms with Gasteiger partial charge in [-0.15, -0.1) is 5.10 Å². The molecule has 6 nitrogen and oxygen atoms in total. The molecule has 0 fully saturated rings. The van der Waals surface area contributed by atoms with Crippen LogP contribution < -0.4 is 5.32 Å². The van der Waals surface area contributed by atoms with Crippen molar-refractivity contribution in [3.05, 3.63) is 81.1 Å². The van der Waals surface area contributed by atoms with E-state index in [-0.39, 0.29) is 11.7 Å². The highest BCUT2D eigenvalue weighted by molar-refractivity contribution is 7.99. The molecule has 0 unspecified atom stereocenters. The zero-order chi connectivity index (χ0) is 22.0. The Hall–Kier alpha value is -2.61. The van der Waals surface area contributed by atoms with E-state index in [4.69, 9.17) is 23.2 Å². The first kappa shape index (κ1) is 21.6. The van der Waals surface area contributed by atoms with Crippen LogP contribution in [0.15, 0.2) is 53.7 Å². The maximum absolute atomic E-state index is 12.3. The molecule has 0 radical (unpaired) electrons. The van der Waals surface area contributed by atoms with Gasteiger partial charge in [0, 0.05) is 33.5 Å². The molecule has 0 atom stereocenters. The Bertz CT molecular complexity index is 1270. The zero-order valence-electron chi connectivity index (χ0n) is 16.9. The van der Waals surface area contributed by atoms with Gasteiger partial charge in [0.2, 0.25) is 11.1 Å². The molecule has 0 saturated heterocycles. The summed E-state index contributed by atoms with van der Waals surface area (Å²) in [4.78, 5) is 21.3. The average molecular weight is 472 g/mol. The van der Waals surface area contributed by atoms with Gasteiger partial charge in [0.1, 0.15) is 0 Å². The van der Waals surface area contributed by atoms with Crippen molar-refractivity contribution in [3.63, 3.8) is 0 Å². The van der Waals surface area contributed by atoms with Crippen molar-refractivity contribution in [2.75, 3.05) is 11.1 Å². The van der Waals surface area contributed by atoms with E-state index in [1.807, 2.05) is 38.1 Å². The van der Waals surface area contributed by atoms with Gasteiger partial charge in [-0.1, -0.05) is 59.2 Å². The molecule has 2 aromatic heterocycles. The third-order valence-electron chi connectivity index (χ3n) is 4.80. The Balaban J connectivity index is 1.51. The highest BCUT2D eigenvalue weighted by Crippen LogP contribution is 2.24. The average Bonchev–Trinajstić information content (AvgIpc) is 3.14. The van der Waals surface area contributed by atoms with Crippen LogP contribution >= 0.6 is 35.0 Å². The number of carbonyl (C=O) groups is 1. The number of benzene rings is 2. The van der Waals surface area contributed by atoms with Gasteiger partial charge in [0.25, 0.3) is 5.78 Å². The monoisotopic (exact) mass is 471 g/mol. The second kappa shape index (κ2) is 9.26. The van der Waals surface area contributed by atoms with Crippen molar-refractivity contribution in [1.29, 1.82) is 0 Å². The van der Waals surface area contributed by atoms with Gasteiger partial charge in [-0.05, 0) is 49.2 Å². The number of halogens is 2. The first-order valence-corrected chi connectivity index (χ1v) is 11.3. The Morgan fingerprint density at radius 1 is 1.10 bits per heavy atom. The minimum Gasteiger partial charge on any atom is -0.325 e. The van der Waals surface area contributed by atoms with Crippen molar-refractivity contribution in [1.82, 2.24) is 19.6 Å². The maximum atomic E-state index is 12.3. The number of nitrogens with zero attached hydrogens (tertiary/aromatic N) is 4. The first-order valence-electron chi connectivity index (χ1n) is 9.55. The Kier molecular flexibility index (Phi) is 6.46. The highest BCUT2D eigenvalue weighted by atomic mass is 35.5. The molecule has 9 heteroatoms. The number of thioether (sulfide) groups is 1. The summed E-state index contributed by atoms with van der Waals surface area (Å²) in [6.07, 6.45) is 0.657. The van der Waals surface area contributed by atoms with Gasteiger partial charge in [-0.3, -0.25) is 4.79 Å². The molecule has 4 rings (SSSR count). The summed E-state index contributed by atoms with van der Waals surface area (Å²) in [6, 6.07) is 14.8. The minimum absolute atomic E-state index is 0.161. The van der Waals surface area contributed by atoms with Crippen LogP contribution in [0.2, 0.25) is 10.0 Å². The van der Waals surface area contributed by atoms with E-state index in [1.54, 1.807) is 28.8 Å². The molecule has 0 spiro atoms. The third kappa shape index (κ3) is 5.01. The number of nitrogens with one attached hydrogen (secondary N) is 1. The Morgan fingerprint density at radius 2 is 1.90 bits per heavy atom. The first-order chi connectivity index (χ1) is 14.9. The zero-order valence-corrected chi connectivity index (χ0v) is 19.2. The quantitative estimate of drug-likeness (QED) is 0.382. The lowest BCUT2D eigenvalue weighted by molar-refractivity contribution is -0.113. The summed E-state index contributed by atoms with van der Waals surface area (Å²) >= 11 is 13.5. The van der Waals surface area contributed by atoms with E-state index in [0.717, 1.165) is 27.5 Å². The molecule has 1 N–H and O–H groups in total. The van der Waals surface area contributed by atoms with E-state index < -0.39 is 0 Å². The van der Waals surface area contributed by atoms with Gasteiger partial charge in [0.05, 0.1) is 5.75 Å². The van der Waals surface area contributed by atoms with Crippen molar-refractivity contribution >= 4 is 52.3 Å². The molecule has 158 valence electrons. The Morgan fingerprint density at radius 3 is 2.68 bits per heavy atom. The van der Waals surface area contributed by atoms with Crippen LogP contribution in [0.4, 0.5) is 5.69 Å². The molecule has 31 heavy (non-hydrogen) atoms. The lowest BCUT2D eigenvalue weighted by atomic mass is 10.0. The van der Waals surface area contributed by atoms with E-state index in [9.17, 15) is 4.79 Å². The summed E-state index contributed by atoms with van der Waals surface area (Å²) in [5.41, 5.74) is 4.57. The lowest BCUT2D eigenvalue weighted by Crippen LogP contribution is -2.14. The lowest BCUT2D eigenvalue weighted by Gasteiger charge is -2.11. The second-order valence-corrected chi connectivity index (χ2v) is 8.77. The van der Waals surface area contributed by atoms with Gasteiger partial charge < -0.3 is 5.32 Å². The van der Waals surface area contributed by atoms with E-state index in [2.05, 4.69) is 20.4 Å². The van der Waals surface area contributed by atoms with Crippen LogP contribution in [-0.4, -0.2) is 31.2 Å². The standard InChI is InChI=1S/C22H19Cl2N5OS/c1-13-18(10-15-6-3-4-9-19(15)24)14(2)29-21(25-13)27-22(28-29)31-12-20(30)26-17-8-5-7-16(23)11-17/h3-9,11H,10,12H2,1-2H3,(H,26,30). The number of aryl methyl sites for hydroxylation is 2. The molecular weight excluding hydrogens is 453 g/mol. The van der Waals surface area contributed by atoms with Gasteiger partial charge in [0.15, 0.2) is 0 Å². The van der Waals surface area contributed by atoms with Gasteiger partial charge in [-0.2, -0.15) is 4.98 Å². The molecular formula is C22H19Cl2N5OS. The van der Waals surface area contributed by atoms with Crippen molar-refractivity contribution < 1.29 is 4.79 Å². The molecule has 0 aliphatic rings. The number of hydrogen-bond donors (Lipinski definition) is 1. The molecule has 2 heterocycles.